The van der Waals surface area contributed by atoms with Gasteiger partial charge in [-0.1, -0.05) is 48.5 Å². The van der Waals surface area contributed by atoms with Gasteiger partial charge >= 0.3 is 0 Å². The number of ether oxygens (including phenoxy) is 3. The maximum absolute atomic E-state index is 13.6. The van der Waals surface area contributed by atoms with E-state index >= 15 is 0 Å². The smallest absolute Gasteiger partial charge is 0.266 e. The summed E-state index contributed by atoms with van der Waals surface area (Å²) in [6.45, 7) is 1.71. The summed E-state index contributed by atoms with van der Waals surface area (Å²) in [6.07, 6.45) is 9.14. The summed E-state index contributed by atoms with van der Waals surface area (Å²) in [5.41, 5.74) is 3.39. The Morgan fingerprint density at radius 2 is 1.62 bits per heavy atom. The first-order chi connectivity index (χ1) is 23.6. The second-order valence-corrected chi connectivity index (χ2v) is 11.8. The Morgan fingerprint density at radius 3 is 2.44 bits per heavy atom. The number of hydrogen-bond acceptors (Lipinski definition) is 7. The topological polar surface area (TPSA) is 95.2 Å². The molecule has 0 bridgehead atoms. The first kappa shape index (κ1) is 30.9. The molecule has 2 aliphatic heterocycles. The molecular weight excluding hydrogens is 604 g/mol. The van der Waals surface area contributed by atoms with Crippen molar-refractivity contribution >= 4 is 40.9 Å². The minimum atomic E-state index is -0.133. The summed E-state index contributed by atoms with van der Waals surface area (Å²) in [7, 11) is 1.58. The highest BCUT2D eigenvalue weighted by Crippen LogP contribution is 2.38. The molecule has 1 atom stereocenters. The fraction of sp³-hybridized carbons (Fsp3) is 0.231. The fourth-order valence-electron chi connectivity index (χ4n) is 6.13. The second-order valence-electron chi connectivity index (χ2n) is 11.8. The van der Waals surface area contributed by atoms with Crippen LogP contribution in [0.3, 0.4) is 0 Å². The summed E-state index contributed by atoms with van der Waals surface area (Å²) in [6, 6.07) is 28.4. The number of rotatable bonds is 11. The second kappa shape index (κ2) is 14.0. The van der Waals surface area contributed by atoms with E-state index in [1.807, 2.05) is 96.1 Å². The molecule has 1 fully saturated rings. The predicted octanol–water partition coefficient (Wildman–Crippen LogP) is 7.12. The molecule has 1 saturated heterocycles. The molecule has 0 spiro atoms. The SMILES string of the molecule is COc1cc2c(cc1OCCCCOc1ccc(-n3c(C=Cc4ccccc4)nc4ccccc4c3=O)cc1)N=C[C@@H]1CCCN1C2=O. The Morgan fingerprint density at radius 1 is 0.854 bits per heavy atom. The van der Waals surface area contributed by atoms with Gasteiger partial charge < -0.3 is 19.1 Å². The lowest BCUT2D eigenvalue weighted by Crippen LogP contribution is -2.35. The van der Waals surface area contributed by atoms with Gasteiger partial charge in [0.2, 0.25) is 0 Å². The van der Waals surface area contributed by atoms with Crippen LogP contribution in [0.5, 0.6) is 17.2 Å². The average Bonchev–Trinajstić information content (AvgIpc) is 3.56. The molecule has 0 unspecified atom stereocenters. The lowest BCUT2D eigenvalue weighted by Gasteiger charge is -2.20. The van der Waals surface area contributed by atoms with E-state index in [-0.39, 0.29) is 17.5 Å². The molecule has 242 valence electrons. The maximum atomic E-state index is 13.6. The quantitative estimate of drug-likeness (QED) is 0.143. The van der Waals surface area contributed by atoms with Crippen LogP contribution in [0.4, 0.5) is 5.69 Å². The molecule has 9 nitrogen and oxygen atoms in total. The number of carbonyl (C=O) groups excluding carboxylic acids is 1. The van der Waals surface area contributed by atoms with Crippen LogP contribution in [0.15, 0.2) is 101 Å². The molecule has 1 aromatic heterocycles. The van der Waals surface area contributed by atoms with Crippen LogP contribution >= 0.6 is 0 Å². The van der Waals surface area contributed by atoms with Crippen LogP contribution in [0.25, 0.3) is 28.7 Å². The Labute approximate surface area is 278 Å². The summed E-state index contributed by atoms with van der Waals surface area (Å²) in [5.74, 6) is 2.32. The predicted molar refractivity (Wildman–Crippen MR) is 188 cm³/mol. The zero-order valence-electron chi connectivity index (χ0n) is 26.7. The molecular formula is C39H36N4O5. The van der Waals surface area contributed by atoms with Crippen molar-refractivity contribution in [3.05, 3.63) is 118 Å². The molecule has 9 heteroatoms. The zero-order valence-corrected chi connectivity index (χ0v) is 26.7. The summed E-state index contributed by atoms with van der Waals surface area (Å²) in [4.78, 5) is 38.0. The lowest BCUT2D eigenvalue weighted by molar-refractivity contribution is 0.0774. The molecule has 7 rings (SSSR count). The van der Waals surface area contributed by atoms with Crippen molar-refractivity contribution in [2.45, 2.75) is 31.7 Å². The van der Waals surface area contributed by atoms with Gasteiger partial charge in [-0.05, 0) is 79.8 Å². The molecule has 0 N–H and O–H groups in total. The molecule has 5 aromatic rings. The Kier molecular flexibility index (Phi) is 9.00. The van der Waals surface area contributed by atoms with Gasteiger partial charge in [0.15, 0.2) is 11.5 Å². The van der Waals surface area contributed by atoms with Gasteiger partial charge in [0, 0.05) is 18.8 Å². The molecule has 0 aliphatic carbocycles. The number of nitrogens with zero attached hydrogens (tertiary/aromatic N) is 4. The number of amides is 1. The third kappa shape index (κ3) is 6.44. The lowest BCUT2D eigenvalue weighted by atomic mass is 10.1. The number of methoxy groups -OCH3 is 1. The van der Waals surface area contributed by atoms with Crippen molar-refractivity contribution in [1.29, 1.82) is 0 Å². The van der Waals surface area contributed by atoms with E-state index < -0.39 is 0 Å². The van der Waals surface area contributed by atoms with Crippen molar-refractivity contribution in [1.82, 2.24) is 14.5 Å². The fourth-order valence-corrected chi connectivity index (χ4v) is 6.13. The highest BCUT2D eigenvalue weighted by atomic mass is 16.5. The Hall–Kier alpha value is -5.70. The summed E-state index contributed by atoms with van der Waals surface area (Å²) >= 11 is 0. The molecule has 3 heterocycles. The van der Waals surface area contributed by atoms with Gasteiger partial charge in [0.05, 0.1) is 54.2 Å². The van der Waals surface area contributed by atoms with Crippen molar-refractivity contribution < 1.29 is 19.0 Å². The van der Waals surface area contributed by atoms with Crippen LogP contribution < -0.4 is 19.8 Å². The zero-order chi connectivity index (χ0) is 32.9. The largest absolute Gasteiger partial charge is 0.494 e. The van der Waals surface area contributed by atoms with Gasteiger partial charge in [-0.25, -0.2) is 4.98 Å². The number of para-hydroxylation sites is 1. The van der Waals surface area contributed by atoms with E-state index in [1.54, 1.807) is 29.9 Å². The molecule has 0 radical (unpaired) electrons. The molecule has 48 heavy (non-hydrogen) atoms. The minimum absolute atomic E-state index is 0.0126. The van der Waals surface area contributed by atoms with Crippen LogP contribution in [-0.4, -0.2) is 59.5 Å². The van der Waals surface area contributed by atoms with E-state index in [0.29, 0.717) is 64.1 Å². The maximum Gasteiger partial charge on any atom is 0.266 e. The van der Waals surface area contributed by atoms with Gasteiger partial charge in [-0.3, -0.25) is 19.1 Å². The number of benzene rings is 4. The van der Waals surface area contributed by atoms with Crippen molar-refractivity contribution in [2.75, 3.05) is 26.9 Å². The first-order valence-corrected chi connectivity index (χ1v) is 16.3. The van der Waals surface area contributed by atoms with Crippen LogP contribution in [0.1, 0.15) is 47.4 Å². The van der Waals surface area contributed by atoms with E-state index in [9.17, 15) is 9.59 Å². The van der Waals surface area contributed by atoms with Crippen molar-refractivity contribution in [2.24, 2.45) is 4.99 Å². The van der Waals surface area contributed by atoms with Crippen LogP contribution in [0, 0.1) is 0 Å². The van der Waals surface area contributed by atoms with Gasteiger partial charge in [0.25, 0.3) is 11.5 Å². The standard InChI is InChI=1S/C39H36N4O5/c1-46-35-24-32-34(40-26-29-12-9-21-42(29)38(32)44)25-36(35)48-23-8-7-22-47-30-18-16-28(17-19-30)43-37(20-15-27-10-3-2-4-11-27)41-33-14-6-5-13-31(33)39(43)45/h2-6,10-11,13-20,24-26,29H,7-9,12,21-23H2,1H3/t29-/m0/s1. The van der Waals surface area contributed by atoms with E-state index in [2.05, 4.69) is 4.99 Å². The molecule has 4 aromatic carbocycles. The third-order valence-corrected chi connectivity index (χ3v) is 8.64. The van der Waals surface area contributed by atoms with Crippen LogP contribution in [-0.2, 0) is 0 Å². The van der Waals surface area contributed by atoms with Gasteiger partial charge in [-0.2, -0.15) is 0 Å². The monoisotopic (exact) mass is 640 g/mol. The third-order valence-electron chi connectivity index (χ3n) is 8.64. The van der Waals surface area contributed by atoms with E-state index in [1.165, 1.54) is 0 Å². The highest BCUT2D eigenvalue weighted by Gasteiger charge is 2.32. The summed E-state index contributed by atoms with van der Waals surface area (Å²) < 4.78 is 19.3. The Balaban J connectivity index is 0.977. The number of unbranched alkanes of at least 4 members (excludes halogenated alkanes) is 1. The number of aromatic nitrogens is 2. The normalized spacial score (nSPS) is 15.4. The van der Waals surface area contributed by atoms with E-state index in [0.717, 1.165) is 37.8 Å². The number of hydrogen-bond donors (Lipinski definition) is 0. The van der Waals surface area contributed by atoms with Gasteiger partial charge in [-0.15, -0.1) is 0 Å². The first-order valence-electron chi connectivity index (χ1n) is 16.3. The average molecular weight is 641 g/mol. The molecule has 0 saturated carbocycles. The number of fused-ring (bicyclic) bond motifs is 3. The molecule has 2 aliphatic rings. The van der Waals surface area contributed by atoms with Crippen molar-refractivity contribution in [3.63, 3.8) is 0 Å². The Bertz CT molecular complexity index is 2050. The number of aliphatic imine (C=N–C) groups is 1. The molecule has 1 amide bonds. The van der Waals surface area contributed by atoms with Crippen LogP contribution in [0.2, 0.25) is 0 Å². The summed E-state index contributed by atoms with van der Waals surface area (Å²) in [5, 5.41) is 0.557. The van der Waals surface area contributed by atoms with E-state index in [4.69, 9.17) is 19.2 Å². The minimum Gasteiger partial charge on any atom is -0.494 e. The number of carbonyl (C=O) groups is 1. The van der Waals surface area contributed by atoms with Crippen molar-refractivity contribution in [3.8, 4) is 22.9 Å². The van der Waals surface area contributed by atoms with Gasteiger partial charge in [0.1, 0.15) is 11.6 Å². The highest BCUT2D eigenvalue weighted by molar-refractivity contribution is 6.03.